The molecule has 0 bridgehead atoms. The van der Waals surface area contributed by atoms with Crippen LogP contribution in [0.2, 0.25) is 0 Å². The molecule has 0 aliphatic heterocycles. The Balaban J connectivity index is 2.64. The van der Waals surface area contributed by atoms with Gasteiger partial charge in [0.05, 0.1) is 17.6 Å². The lowest BCUT2D eigenvalue weighted by Crippen LogP contribution is -2.54. The van der Waals surface area contributed by atoms with Crippen LogP contribution in [0.5, 0.6) is 0 Å². The Morgan fingerprint density at radius 3 is 2.25 bits per heavy atom. The number of likely N-dealkylation sites (N-methyl/N-ethyl adjacent to an activating group) is 1. The number of rotatable bonds is 5. The third-order valence-corrected chi connectivity index (χ3v) is 4.44. The van der Waals surface area contributed by atoms with Gasteiger partial charge in [0.15, 0.2) is 0 Å². The largest absolute Gasteiger partial charge is 0.481 e. The molecule has 0 atom stereocenters. The highest BCUT2D eigenvalue weighted by Crippen LogP contribution is 2.36. The van der Waals surface area contributed by atoms with Crippen LogP contribution in [0.3, 0.4) is 0 Å². The summed E-state index contributed by atoms with van der Waals surface area (Å²) in [5, 5.41) is 21.4. The second-order valence-electron chi connectivity index (χ2n) is 6.33. The lowest BCUT2D eigenvalue weighted by Gasteiger charge is -2.37. The molecule has 0 aromatic carbocycles. The predicted molar refractivity (Wildman–Crippen MR) is 75.5 cm³/mol. The minimum atomic E-state index is -0.835. The molecule has 1 aliphatic rings. The second kappa shape index (κ2) is 6.43. The molecule has 0 saturated heterocycles. The van der Waals surface area contributed by atoms with Gasteiger partial charge in [0.2, 0.25) is 0 Å². The molecule has 0 heterocycles. The molecule has 0 radical (unpaired) electrons. The molecule has 1 fully saturated rings. The Bertz CT molecular complexity index is 362. The van der Waals surface area contributed by atoms with E-state index in [1.54, 1.807) is 20.9 Å². The number of nitrogens with one attached hydrogen (secondary N) is 1. The fraction of sp³-hybridized carbons (Fsp3) is 0.857. The number of carboxylic acid groups (broad SMARTS) is 1. The molecule has 2 amide bonds. The third kappa shape index (κ3) is 3.62. The SMILES string of the molecule is CN(C(=O)NCC1(C(=O)O)CCCCC1)C(C)(C)CO. The summed E-state index contributed by atoms with van der Waals surface area (Å²) in [7, 11) is 1.60. The first-order valence-electron chi connectivity index (χ1n) is 7.11. The van der Waals surface area contributed by atoms with Gasteiger partial charge in [0, 0.05) is 13.6 Å². The minimum absolute atomic E-state index is 0.146. The maximum Gasteiger partial charge on any atom is 0.317 e. The van der Waals surface area contributed by atoms with E-state index in [-0.39, 0.29) is 19.2 Å². The van der Waals surface area contributed by atoms with E-state index in [4.69, 9.17) is 0 Å². The standard InChI is InChI=1S/C14H26N2O4/c1-13(2,10-17)16(3)12(20)15-9-14(11(18)19)7-5-4-6-8-14/h17H,4-10H2,1-3H3,(H,15,20)(H,18,19). The Morgan fingerprint density at radius 2 is 1.80 bits per heavy atom. The number of hydrogen-bond acceptors (Lipinski definition) is 3. The summed E-state index contributed by atoms with van der Waals surface area (Å²) in [6.07, 6.45) is 4.05. The Kier molecular flexibility index (Phi) is 5.39. The average Bonchev–Trinajstić information content (AvgIpc) is 2.44. The number of aliphatic hydroxyl groups excluding tert-OH is 1. The third-order valence-electron chi connectivity index (χ3n) is 4.44. The first-order chi connectivity index (χ1) is 9.25. The molecule has 1 aliphatic carbocycles. The van der Waals surface area contributed by atoms with Crippen molar-refractivity contribution in [1.82, 2.24) is 10.2 Å². The van der Waals surface area contributed by atoms with Gasteiger partial charge in [-0.3, -0.25) is 4.79 Å². The summed E-state index contributed by atoms with van der Waals surface area (Å²) < 4.78 is 0. The fourth-order valence-electron chi connectivity index (χ4n) is 2.44. The number of hydrogen-bond donors (Lipinski definition) is 3. The lowest BCUT2D eigenvalue weighted by molar-refractivity contribution is -0.150. The molecule has 0 aromatic rings. The van der Waals surface area contributed by atoms with Crippen molar-refractivity contribution in [3.05, 3.63) is 0 Å². The molecule has 0 unspecified atom stereocenters. The molecule has 6 nitrogen and oxygen atoms in total. The predicted octanol–water partition coefficient (Wildman–Crippen LogP) is 1.43. The van der Waals surface area contributed by atoms with E-state index in [1.165, 1.54) is 4.90 Å². The Labute approximate surface area is 120 Å². The molecule has 1 rings (SSSR count). The zero-order valence-corrected chi connectivity index (χ0v) is 12.6. The summed E-state index contributed by atoms with van der Waals surface area (Å²) in [6.45, 7) is 3.49. The zero-order valence-electron chi connectivity index (χ0n) is 12.6. The van der Waals surface area contributed by atoms with Crippen LogP contribution in [0.1, 0.15) is 46.0 Å². The van der Waals surface area contributed by atoms with Crippen LogP contribution in [0.25, 0.3) is 0 Å². The molecule has 6 heteroatoms. The van der Waals surface area contributed by atoms with Crippen molar-refractivity contribution in [1.29, 1.82) is 0 Å². The van der Waals surface area contributed by atoms with E-state index in [9.17, 15) is 19.8 Å². The van der Waals surface area contributed by atoms with Gasteiger partial charge in [-0.2, -0.15) is 0 Å². The number of aliphatic carboxylic acids is 1. The molecular weight excluding hydrogens is 260 g/mol. The monoisotopic (exact) mass is 286 g/mol. The first kappa shape index (κ1) is 16.8. The highest BCUT2D eigenvalue weighted by atomic mass is 16.4. The van der Waals surface area contributed by atoms with Crippen LogP contribution >= 0.6 is 0 Å². The quantitative estimate of drug-likeness (QED) is 0.713. The van der Waals surface area contributed by atoms with Gasteiger partial charge < -0.3 is 20.4 Å². The molecule has 20 heavy (non-hydrogen) atoms. The van der Waals surface area contributed by atoms with E-state index >= 15 is 0 Å². The number of carbonyl (C=O) groups excluding carboxylic acids is 1. The lowest BCUT2D eigenvalue weighted by atomic mass is 9.74. The van der Waals surface area contributed by atoms with Crippen LogP contribution < -0.4 is 5.32 Å². The summed E-state index contributed by atoms with van der Waals surface area (Å²) in [5.41, 5.74) is -1.51. The summed E-state index contributed by atoms with van der Waals surface area (Å²) >= 11 is 0. The molecule has 0 spiro atoms. The summed E-state index contributed by atoms with van der Waals surface area (Å²) in [6, 6.07) is -0.352. The Morgan fingerprint density at radius 1 is 1.25 bits per heavy atom. The normalized spacial score (nSPS) is 18.4. The molecular formula is C14H26N2O4. The number of carboxylic acids is 1. The van der Waals surface area contributed by atoms with E-state index in [2.05, 4.69) is 5.32 Å². The zero-order chi connectivity index (χ0) is 15.4. The highest BCUT2D eigenvalue weighted by Gasteiger charge is 2.40. The van der Waals surface area contributed by atoms with Gasteiger partial charge in [-0.15, -0.1) is 0 Å². The number of aliphatic hydroxyl groups is 1. The van der Waals surface area contributed by atoms with Crippen LogP contribution in [0.4, 0.5) is 4.79 Å². The van der Waals surface area contributed by atoms with Gasteiger partial charge >= 0.3 is 12.0 Å². The number of urea groups is 1. The van der Waals surface area contributed by atoms with Crippen molar-refractivity contribution >= 4 is 12.0 Å². The number of carbonyl (C=O) groups is 2. The van der Waals surface area contributed by atoms with E-state index in [1.807, 2.05) is 0 Å². The minimum Gasteiger partial charge on any atom is -0.481 e. The number of nitrogens with zero attached hydrogens (tertiary/aromatic N) is 1. The van der Waals surface area contributed by atoms with Gasteiger partial charge in [0.25, 0.3) is 0 Å². The van der Waals surface area contributed by atoms with Crippen LogP contribution in [0.15, 0.2) is 0 Å². The first-order valence-corrected chi connectivity index (χ1v) is 7.11. The maximum atomic E-state index is 12.1. The van der Waals surface area contributed by atoms with E-state index < -0.39 is 16.9 Å². The fourth-order valence-corrected chi connectivity index (χ4v) is 2.44. The molecule has 116 valence electrons. The van der Waals surface area contributed by atoms with Gasteiger partial charge in [-0.25, -0.2) is 4.79 Å². The molecule has 0 aromatic heterocycles. The van der Waals surface area contributed by atoms with Crippen molar-refractivity contribution in [2.45, 2.75) is 51.5 Å². The smallest absolute Gasteiger partial charge is 0.317 e. The van der Waals surface area contributed by atoms with Crippen molar-refractivity contribution in [2.24, 2.45) is 5.41 Å². The highest BCUT2D eigenvalue weighted by molar-refractivity contribution is 5.78. The van der Waals surface area contributed by atoms with Crippen LogP contribution in [-0.4, -0.2) is 52.9 Å². The Hall–Kier alpha value is -1.30. The molecule has 1 saturated carbocycles. The van der Waals surface area contributed by atoms with Crippen LogP contribution in [-0.2, 0) is 4.79 Å². The van der Waals surface area contributed by atoms with Gasteiger partial charge in [-0.05, 0) is 26.7 Å². The summed E-state index contributed by atoms with van der Waals surface area (Å²) in [5.74, 6) is -0.832. The topological polar surface area (TPSA) is 89.9 Å². The molecule has 3 N–H and O–H groups in total. The van der Waals surface area contributed by atoms with E-state index in [0.29, 0.717) is 12.8 Å². The second-order valence-corrected chi connectivity index (χ2v) is 6.33. The van der Waals surface area contributed by atoms with Gasteiger partial charge in [0.1, 0.15) is 0 Å². The average molecular weight is 286 g/mol. The van der Waals surface area contributed by atoms with Crippen molar-refractivity contribution in [2.75, 3.05) is 20.2 Å². The van der Waals surface area contributed by atoms with E-state index in [0.717, 1.165) is 19.3 Å². The maximum absolute atomic E-state index is 12.1. The van der Waals surface area contributed by atoms with Crippen LogP contribution in [0, 0.1) is 5.41 Å². The van der Waals surface area contributed by atoms with Crippen molar-refractivity contribution < 1.29 is 19.8 Å². The van der Waals surface area contributed by atoms with Crippen molar-refractivity contribution in [3.8, 4) is 0 Å². The van der Waals surface area contributed by atoms with Gasteiger partial charge in [-0.1, -0.05) is 19.3 Å². The summed E-state index contributed by atoms with van der Waals surface area (Å²) in [4.78, 5) is 25.0. The van der Waals surface area contributed by atoms with Crippen molar-refractivity contribution in [3.63, 3.8) is 0 Å². The number of amides is 2.